The number of halogens is 1. The Hall–Kier alpha value is -1.71. The minimum absolute atomic E-state index is 0.278. The zero-order valence-corrected chi connectivity index (χ0v) is 13.2. The van der Waals surface area contributed by atoms with E-state index in [2.05, 4.69) is 18.3 Å². The monoisotopic (exact) mass is 304 g/mol. The van der Waals surface area contributed by atoms with E-state index in [9.17, 15) is 0 Å². The van der Waals surface area contributed by atoms with Gasteiger partial charge in [-0.1, -0.05) is 35.9 Å². The van der Waals surface area contributed by atoms with Gasteiger partial charge in [-0.15, -0.1) is 0 Å². The standard InChI is InChI=1S/C17H21ClN2O/c1-17(12-19,20-15-8-5-7-14(18)10-15)11-13-6-3-4-9-16(13)21-2/h3-10,20H,11-12,19H2,1-2H3. The summed E-state index contributed by atoms with van der Waals surface area (Å²) in [6.07, 6.45) is 0.764. The Labute approximate surface area is 131 Å². The molecule has 0 amide bonds. The molecule has 0 radical (unpaired) electrons. The molecule has 0 saturated carbocycles. The van der Waals surface area contributed by atoms with Crippen LogP contribution in [0.15, 0.2) is 48.5 Å². The van der Waals surface area contributed by atoms with Gasteiger partial charge in [0.05, 0.1) is 12.6 Å². The number of methoxy groups -OCH3 is 1. The predicted molar refractivity (Wildman–Crippen MR) is 89.2 cm³/mol. The molecule has 112 valence electrons. The molecule has 0 fully saturated rings. The van der Waals surface area contributed by atoms with E-state index in [1.54, 1.807) is 7.11 Å². The Kier molecular flexibility index (Phi) is 5.10. The fourth-order valence-corrected chi connectivity index (χ4v) is 2.54. The third-order valence-corrected chi connectivity index (χ3v) is 3.73. The van der Waals surface area contributed by atoms with Crippen LogP contribution in [0.4, 0.5) is 5.69 Å². The van der Waals surface area contributed by atoms with E-state index in [-0.39, 0.29) is 5.54 Å². The number of rotatable bonds is 6. The average Bonchev–Trinajstić information content (AvgIpc) is 2.47. The van der Waals surface area contributed by atoms with E-state index in [1.165, 1.54) is 0 Å². The summed E-state index contributed by atoms with van der Waals surface area (Å²) in [6.45, 7) is 2.60. The zero-order chi connectivity index (χ0) is 15.3. The summed E-state index contributed by atoms with van der Waals surface area (Å²) < 4.78 is 5.42. The largest absolute Gasteiger partial charge is 0.496 e. The van der Waals surface area contributed by atoms with Crippen LogP contribution < -0.4 is 15.8 Å². The first-order valence-electron chi connectivity index (χ1n) is 6.92. The molecule has 21 heavy (non-hydrogen) atoms. The molecule has 0 spiro atoms. The molecule has 3 N–H and O–H groups in total. The summed E-state index contributed by atoms with van der Waals surface area (Å²) >= 11 is 6.03. The van der Waals surface area contributed by atoms with Gasteiger partial charge in [0, 0.05) is 17.3 Å². The lowest BCUT2D eigenvalue weighted by atomic mass is 9.92. The second-order valence-electron chi connectivity index (χ2n) is 5.39. The molecule has 0 saturated heterocycles. The van der Waals surface area contributed by atoms with Crippen LogP contribution in [0.5, 0.6) is 5.75 Å². The molecule has 2 rings (SSSR count). The van der Waals surface area contributed by atoms with Gasteiger partial charge in [0.1, 0.15) is 5.75 Å². The van der Waals surface area contributed by atoms with E-state index in [0.717, 1.165) is 23.4 Å². The highest BCUT2D eigenvalue weighted by Gasteiger charge is 2.24. The van der Waals surface area contributed by atoms with Crippen LogP contribution in [0.25, 0.3) is 0 Å². The summed E-state index contributed by atoms with van der Waals surface area (Å²) in [5.74, 6) is 0.880. The van der Waals surface area contributed by atoms with Crippen LogP contribution in [0, 0.1) is 0 Å². The van der Waals surface area contributed by atoms with Crippen molar-refractivity contribution in [2.75, 3.05) is 19.0 Å². The van der Waals surface area contributed by atoms with Crippen molar-refractivity contribution >= 4 is 17.3 Å². The molecule has 4 heteroatoms. The van der Waals surface area contributed by atoms with E-state index in [1.807, 2.05) is 42.5 Å². The summed E-state index contributed by atoms with van der Waals surface area (Å²) in [6, 6.07) is 15.7. The number of para-hydroxylation sites is 1. The van der Waals surface area contributed by atoms with Crippen LogP contribution in [0.1, 0.15) is 12.5 Å². The molecule has 0 aliphatic carbocycles. The topological polar surface area (TPSA) is 47.3 Å². The minimum atomic E-state index is -0.278. The van der Waals surface area contributed by atoms with E-state index < -0.39 is 0 Å². The number of benzene rings is 2. The number of nitrogens with one attached hydrogen (secondary N) is 1. The van der Waals surface area contributed by atoms with Gasteiger partial charge in [0.2, 0.25) is 0 Å². The van der Waals surface area contributed by atoms with Crippen molar-refractivity contribution in [3.05, 3.63) is 59.1 Å². The molecule has 0 bridgehead atoms. The van der Waals surface area contributed by atoms with Crippen molar-refractivity contribution in [3.8, 4) is 5.75 Å². The minimum Gasteiger partial charge on any atom is -0.496 e. The van der Waals surface area contributed by atoms with Crippen molar-refractivity contribution in [2.24, 2.45) is 5.73 Å². The molecule has 0 aromatic heterocycles. The molecule has 2 aromatic carbocycles. The van der Waals surface area contributed by atoms with Crippen molar-refractivity contribution in [1.29, 1.82) is 0 Å². The van der Waals surface area contributed by atoms with Gasteiger partial charge in [-0.25, -0.2) is 0 Å². The van der Waals surface area contributed by atoms with Gasteiger partial charge >= 0.3 is 0 Å². The number of ether oxygens (including phenoxy) is 1. The molecular weight excluding hydrogens is 284 g/mol. The van der Waals surface area contributed by atoms with Crippen molar-refractivity contribution < 1.29 is 4.74 Å². The van der Waals surface area contributed by atoms with Crippen LogP contribution in [0.2, 0.25) is 5.02 Å². The number of hydrogen-bond acceptors (Lipinski definition) is 3. The smallest absolute Gasteiger partial charge is 0.122 e. The number of hydrogen-bond donors (Lipinski definition) is 2. The van der Waals surface area contributed by atoms with Crippen molar-refractivity contribution in [3.63, 3.8) is 0 Å². The van der Waals surface area contributed by atoms with Crippen LogP contribution in [-0.4, -0.2) is 19.2 Å². The van der Waals surface area contributed by atoms with Gasteiger partial charge in [-0.05, 0) is 43.2 Å². The first kappa shape index (κ1) is 15.7. The fourth-order valence-electron chi connectivity index (χ4n) is 2.35. The normalized spacial score (nSPS) is 13.5. The van der Waals surface area contributed by atoms with Crippen LogP contribution in [-0.2, 0) is 6.42 Å². The molecule has 3 nitrogen and oxygen atoms in total. The van der Waals surface area contributed by atoms with E-state index in [4.69, 9.17) is 22.1 Å². The van der Waals surface area contributed by atoms with Gasteiger partial charge in [-0.2, -0.15) is 0 Å². The van der Waals surface area contributed by atoms with Gasteiger partial charge < -0.3 is 15.8 Å². The van der Waals surface area contributed by atoms with Crippen molar-refractivity contribution in [2.45, 2.75) is 18.9 Å². The van der Waals surface area contributed by atoms with Crippen LogP contribution >= 0.6 is 11.6 Å². The Morgan fingerprint density at radius 1 is 1.19 bits per heavy atom. The molecule has 0 aliphatic heterocycles. The van der Waals surface area contributed by atoms with Crippen LogP contribution in [0.3, 0.4) is 0 Å². The third kappa shape index (κ3) is 4.13. The average molecular weight is 305 g/mol. The Morgan fingerprint density at radius 3 is 2.62 bits per heavy atom. The zero-order valence-electron chi connectivity index (χ0n) is 12.4. The van der Waals surface area contributed by atoms with Gasteiger partial charge in [0.25, 0.3) is 0 Å². The second kappa shape index (κ2) is 6.83. The lowest BCUT2D eigenvalue weighted by molar-refractivity contribution is 0.403. The molecule has 2 aromatic rings. The highest BCUT2D eigenvalue weighted by molar-refractivity contribution is 6.30. The quantitative estimate of drug-likeness (QED) is 0.855. The molecule has 0 heterocycles. The molecule has 1 unspecified atom stereocenters. The first-order chi connectivity index (χ1) is 10.1. The Balaban J connectivity index is 2.21. The number of nitrogens with two attached hydrogens (primary N) is 1. The predicted octanol–water partition coefficient (Wildman–Crippen LogP) is 3.72. The highest BCUT2D eigenvalue weighted by Crippen LogP contribution is 2.26. The van der Waals surface area contributed by atoms with Crippen molar-refractivity contribution in [1.82, 2.24) is 0 Å². The summed E-state index contributed by atoms with van der Waals surface area (Å²) in [7, 11) is 1.68. The summed E-state index contributed by atoms with van der Waals surface area (Å²) in [4.78, 5) is 0. The second-order valence-corrected chi connectivity index (χ2v) is 5.83. The highest BCUT2D eigenvalue weighted by atomic mass is 35.5. The van der Waals surface area contributed by atoms with Gasteiger partial charge in [-0.3, -0.25) is 0 Å². The Morgan fingerprint density at radius 2 is 1.95 bits per heavy atom. The number of anilines is 1. The van der Waals surface area contributed by atoms with E-state index >= 15 is 0 Å². The maximum absolute atomic E-state index is 6.03. The SMILES string of the molecule is COc1ccccc1CC(C)(CN)Nc1cccc(Cl)c1. The van der Waals surface area contributed by atoms with Gasteiger partial charge in [0.15, 0.2) is 0 Å². The first-order valence-corrected chi connectivity index (χ1v) is 7.30. The lowest BCUT2D eigenvalue weighted by Gasteiger charge is -2.31. The molecule has 0 aliphatic rings. The summed E-state index contributed by atoms with van der Waals surface area (Å²) in [5.41, 5.74) is 7.81. The molecular formula is C17H21ClN2O. The lowest BCUT2D eigenvalue weighted by Crippen LogP contribution is -2.44. The fraction of sp³-hybridized carbons (Fsp3) is 0.294. The summed E-state index contributed by atoms with van der Waals surface area (Å²) in [5, 5.41) is 4.19. The maximum atomic E-state index is 6.03. The third-order valence-electron chi connectivity index (χ3n) is 3.49. The molecule has 1 atom stereocenters. The van der Waals surface area contributed by atoms with E-state index in [0.29, 0.717) is 11.6 Å². The maximum Gasteiger partial charge on any atom is 0.122 e. The Bertz CT molecular complexity index is 603.